The molecule has 0 saturated carbocycles. The molecule has 0 radical (unpaired) electrons. The molecule has 3 aromatic rings. The molecule has 0 aliphatic rings. The Kier molecular flexibility index (Phi) is 3.37. The fourth-order valence-electron chi connectivity index (χ4n) is 2.02. The number of rotatable bonds is 3. The Labute approximate surface area is 122 Å². The summed E-state index contributed by atoms with van der Waals surface area (Å²) < 4.78 is 2.71. The fourth-order valence-corrected chi connectivity index (χ4v) is 2.43. The van der Waals surface area contributed by atoms with Crippen LogP contribution in [0, 0.1) is 0 Å². The molecule has 0 N–H and O–H groups in total. The van der Waals surface area contributed by atoms with E-state index in [2.05, 4.69) is 36.3 Å². The molecule has 0 amide bonds. The summed E-state index contributed by atoms with van der Waals surface area (Å²) >= 11 is 3.42. The molecule has 0 fully saturated rings. The lowest BCUT2D eigenvalue weighted by molar-refractivity contribution is 0.670. The monoisotopic (exact) mass is 328 g/mol. The van der Waals surface area contributed by atoms with Crippen molar-refractivity contribution in [3.8, 4) is 0 Å². The van der Waals surface area contributed by atoms with E-state index >= 15 is 0 Å². The molecule has 98 valence electrons. The number of azide groups is 1. The number of hydrogen-bond acceptors (Lipinski definition) is 3. The SMILES string of the molecule is [N-]=[N+]=Nc1ccc(Br)cc1Cn1nnc2ccccc21. The van der Waals surface area contributed by atoms with Crippen LogP contribution in [0.4, 0.5) is 5.69 Å². The lowest BCUT2D eigenvalue weighted by Gasteiger charge is -2.06. The normalized spacial score (nSPS) is 10.4. The van der Waals surface area contributed by atoms with E-state index < -0.39 is 0 Å². The van der Waals surface area contributed by atoms with Gasteiger partial charge < -0.3 is 0 Å². The van der Waals surface area contributed by atoms with Crippen molar-refractivity contribution in [2.45, 2.75) is 6.54 Å². The van der Waals surface area contributed by atoms with Crippen molar-refractivity contribution in [1.82, 2.24) is 15.0 Å². The maximum absolute atomic E-state index is 8.62. The predicted molar refractivity (Wildman–Crippen MR) is 79.6 cm³/mol. The van der Waals surface area contributed by atoms with Crippen LogP contribution in [-0.2, 0) is 6.54 Å². The predicted octanol–water partition coefficient (Wildman–Crippen LogP) is 4.18. The van der Waals surface area contributed by atoms with Gasteiger partial charge in [0.25, 0.3) is 0 Å². The molecule has 1 aromatic heterocycles. The van der Waals surface area contributed by atoms with Gasteiger partial charge in [0.15, 0.2) is 0 Å². The quantitative estimate of drug-likeness (QED) is 0.410. The van der Waals surface area contributed by atoms with Crippen molar-refractivity contribution in [3.05, 3.63) is 62.9 Å². The molecule has 0 aliphatic carbocycles. The summed E-state index contributed by atoms with van der Waals surface area (Å²) in [6.45, 7) is 0.494. The standard InChI is InChI=1S/C13H9BrN6/c14-10-5-6-11(16-18-15)9(7-10)8-20-13-4-2-1-3-12(13)17-19-20/h1-7H,8H2. The van der Waals surface area contributed by atoms with Crippen molar-refractivity contribution < 1.29 is 0 Å². The highest BCUT2D eigenvalue weighted by Gasteiger charge is 2.07. The van der Waals surface area contributed by atoms with E-state index in [1.165, 1.54) is 0 Å². The Morgan fingerprint density at radius 3 is 2.95 bits per heavy atom. The first-order valence-corrected chi connectivity index (χ1v) is 6.69. The molecule has 0 saturated heterocycles. The van der Waals surface area contributed by atoms with E-state index in [4.69, 9.17) is 5.53 Å². The maximum Gasteiger partial charge on any atom is 0.113 e. The molecule has 0 atom stereocenters. The van der Waals surface area contributed by atoms with Gasteiger partial charge in [0.1, 0.15) is 5.52 Å². The summed E-state index contributed by atoms with van der Waals surface area (Å²) in [5.41, 5.74) is 11.9. The lowest BCUT2D eigenvalue weighted by Crippen LogP contribution is -2.02. The number of aromatic nitrogens is 3. The Bertz CT molecular complexity index is 819. The van der Waals surface area contributed by atoms with Crippen molar-refractivity contribution in [3.63, 3.8) is 0 Å². The van der Waals surface area contributed by atoms with E-state index in [0.29, 0.717) is 12.2 Å². The molecule has 20 heavy (non-hydrogen) atoms. The molecular formula is C13H9BrN6. The minimum Gasteiger partial charge on any atom is -0.240 e. The first kappa shape index (κ1) is 12.7. The van der Waals surface area contributed by atoms with Crippen LogP contribution in [0.3, 0.4) is 0 Å². The lowest BCUT2D eigenvalue weighted by atomic mass is 10.2. The second-order valence-electron chi connectivity index (χ2n) is 4.20. The van der Waals surface area contributed by atoms with Gasteiger partial charge in [-0.2, -0.15) is 0 Å². The van der Waals surface area contributed by atoms with Crippen LogP contribution < -0.4 is 0 Å². The summed E-state index contributed by atoms with van der Waals surface area (Å²) in [6.07, 6.45) is 0. The second-order valence-corrected chi connectivity index (χ2v) is 5.11. The first-order chi connectivity index (χ1) is 9.78. The zero-order valence-electron chi connectivity index (χ0n) is 10.3. The van der Waals surface area contributed by atoms with Gasteiger partial charge in [-0.05, 0) is 35.4 Å². The Balaban J connectivity index is 2.06. The fraction of sp³-hybridized carbons (Fsp3) is 0.0769. The summed E-state index contributed by atoms with van der Waals surface area (Å²) in [6, 6.07) is 13.3. The van der Waals surface area contributed by atoms with Crippen molar-refractivity contribution in [1.29, 1.82) is 0 Å². The van der Waals surface area contributed by atoms with Crippen LogP contribution in [0.25, 0.3) is 21.5 Å². The van der Waals surface area contributed by atoms with E-state index in [1.54, 1.807) is 10.7 Å². The molecule has 0 bridgehead atoms. The van der Waals surface area contributed by atoms with Gasteiger partial charge in [0.2, 0.25) is 0 Å². The Morgan fingerprint density at radius 2 is 2.10 bits per heavy atom. The average molecular weight is 329 g/mol. The summed E-state index contributed by atoms with van der Waals surface area (Å²) in [5.74, 6) is 0. The highest BCUT2D eigenvalue weighted by atomic mass is 79.9. The number of fused-ring (bicyclic) bond motifs is 1. The zero-order chi connectivity index (χ0) is 13.9. The van der Waals surface area contributed by atoms with Crippen molar-refractivity contribution in [2.75, 3.05) is 0 Å². The van der Waals surface area contributed by atoms with Gasteiger partial charge in [-0.3, -0.25) is 0 Å². The van der Waals surface area contributed by atoms with Crippen molar-refractivity contribution >= 4 is 32.7 Å². The second kappa shape index (κ2) is 5.32. The van der Waals surface area contributed by atoms with Crippen LogP contribution >= 0.6 is 15.9 Å². The smallest absolute Gasteiger partial charge is 0.113 e. The number of para-hydroxylation sites is 1. The number of benzene rings is 2. The van der Waals surface area contributed by atoms with Crippen LogP contribution in [0.5, 0.6) is 0 Å². The van der Waals surface area contributed by atoms with Crippen LogP contribution in [-0.4, -0.2) is 15.0 Å². The number of nitrogens with zero attached hydrogens (tertiary/aromatic N) is 6. The molecule has 6 nitrogen and oxygen atoms in total. The Morgan fingerprint density at radius 1 is 1.25 bits per heavy atom. The zero-order valence-corrected chi connectivity index (χ0v) is 11.9. The van der Waals surface area contributed by atoms with Gasteiger partial charge >= 0.3 is 0 Å². The number of hydrogen-bond donors (Lipinski definition) is 0. The first-order valence-electron chi connectivity index (χ1n) is 5.89. The van der Waals surface area contributed by atoms with Crippen molar-refractivity contribution in [2.24, 2.45) is 5.11 Å². The van der Waals surface area contributed by atoms with Gasteiger partial charge in [-0.15, -0.1) is 5.10 Å². The summed E-state index contributed by atoms with van der Waals surface area (Å²) in [4.78, 5) is 2.85. The van der Waals surface area contributed by atoms with Crippen LogP contribution in [0.2, 0.25) is 0 Å². The van der Waals surface area contributed by atoms with Crippen LogP contribution in [0.15, 0.2) is 52.1 Å². The molecule has 0 unspecified atom stereocenters. The van der Waals surface area contributed by atoms with E-state index in [0.717, 1.165) is 21.1 Å². The average Bonchev–Trinajstić information content (AvgIpc) is 2.86. The summed E-state index contributed by atoms with van der Waals surface area (Å²) in [5, 5.41) is 12.0. The third kappa shape index (κ3) is 2.36. The van der Waals surface area contributed by atoms with E-state index in [9.17, 15) is 0 Å². The Hall–Kier alpha value is -2.37. The topological polar surface area (TPSA) is 79.5 Å². The minimum absolute atomic E-state index is 0.494. The largest absolute Gasteiger partial charge is 0.240 e. The third-order valence-corrected chi connectivity index (χ3v) is 3.43. The molecule has 7 heteroatoms. The highest BCUT2D eigenvalue weighted by molar-refractivity contribution is 9.10. The molecule has 1 heterocycles. The molecular weight excluding hydrogens is 320 g/mol. The number of halogens is 1. The van der Waals surface area contributed by atoms with Gasteiger partial charge in [-0.25, -0.2) is 4.68 Å². The minimum atomic E-state index is 0.494. The molecule has 0 aliphatic heterocycles. The third-order valence-electron chi connectivity index (χ3n) is 2.93. The van der Waals surface area contributed by atoms with Gasteiger partial charge in [0, 0.05) is 15.1 Å². The molecule has 2 aromatic carbocycles. The molecule has 3 rings (SSSR count). The highest BCUT2D eigenvalue weighted by Crippen LogP contribution is 2.25. The van der Waals surface area contributed by atoms with Gasteiger partial charge in [0.05, 0.1) is 12.1 Å². The van der Waals surface area contributed by atoms with Crippen LogP contribution in [0.1, 0.15) is 5.56 Å². The molecule has 0 spiro atoms. The van der Waals surface area contributed by atoms with Gasteiger partial charge in [-0.1, -0.05) is 44.5 Å². The summed E-state index contributed by atoms with van der Waals surface area (Å²) in [7, 11) is 0. The van der Waals surface area contributed by atoms with E-state index in [1.807, 2.05) is 36.4 Å². The maximum atomic E-state index is 8.62. The van der Waals surface area contributed by atoms with E-state index in [-0.39, 0.29) is 0 Å².